The Morgan fingerprint density at radius 1 is 1.17 bits per heavy atom. The van der Waals surface area contributed by atoms with Crippen LogP contribution in [0, 0.1) is 0 Å². The molecule has 0 aliphatic carbocycles. The number of nitrogens with zero attached hydrogens (tertiary/aromatic N) is 1. The van der Waals surface area contributed by atoms with E-state index in [0.29, 0.717) is 30.4 Å². The fourth-order valence-corrected chi connectivity index (χ4v) is 2.19. The topological polar surface area (TPSA) is 102 Å². The second kappa shape index (κ2) is 6.39. The minimum absolute atomic E-state index is 0.0976. The van der Waals surface area contributed by atoms with Crippen LogP contribution >= 0.6 is 0 Å². The molecule has 2 aromatic rings. The average molecular weight is 317 g/mol. The van der Waals surface area contributed by atoms with Gasteiger partial charge in [0.1, 0.15) is 13.2 Å². The summed E-state index contributed by atoms with van der Waals surface area (Å²) in [5.41, 5.74) is -0.412. The van der Waals surface area contributed by atoms with Gasteiger partial charge in [-0.3, -0.25) is 14.6 Å². The van der Waals surface area contributed by atoms with Crippen LogP contribution in [-0.4, -0.2) is 28.7 Å². The second-order valence-corrected chi connectivity index (χ2v) is 4.96. The summed E-state index contributed by atoms with van der Waals surface area (Å²) in [4.78, 5) is 36.6. The highest BCUT2D eigenvalue weighted by Crippen LogP contribution is 2.32. The standard InChI is InChI=1S/C15H15N3O5/c19-13(3-5-18-6-4-14(20)17-15(18)21)16-10-1-2-11-12(9-10)23-8-7-22-11/h1-2,4,6,9H,3,5,7-8H2,(H,16,19)(H,17,20,21). The Balaban J connectivity index is 1.61. The van der Waals surface area contributed by atoms with Crippen LogP contribution in [0.15, 0.2) is 40.1 Å². The lowest BCUT2D eigenvalue weighted by Crippen LogP contribution is -2.29. The maximum absolute atomic E-state index is 12.0. The number of rotatable bonds is 4. The molecule has 0 saturated carbocycles. The summed E-state index contributed by atoms with van der Waals surface area (Å²) in [5, 5.41) is 2.73. The molecule has 0 atom stereocenters. The first-order valence-electron chi connectivity index (χ1n) is 7.11. The zero-order valence-electron chi connectivity index (χ0n) is 12.2. The Morgan fingerprint density at radius 3 is 2.74 bits per heavy atom. The van der Waals surface area contributed by atoms with E-state index in [9.17, 15) is 14.4 Å². The van der Waals surface area contributed by atoms with Gasteiger partial charge in [-0.05, 0) is 12.1 Å². The molecule has 0 fully saturated rings. The molecular formula is C15H15N3O5. The number of anilines is 1. The predicted molar refractivity (Wildman–Crippen MR) is 82.0 cm³/mol. The lowest BCUT2D eigenvalue weighted by molar-refractivity contribution is -0.116. The van der Waals surface area contributed by atoms with Gasteiger partial charge in [-0.25, -0.2) is 4.79 Å². The number of amides is 1. The molecule has 8 heteroatoms. The van der Waals surface area contributed by atoms with Gasteiger partial charge >= 0.3 is 5.69 Å². The lowest BCUT2D eigenvalue weighted by Gasteiger charge is -2.19. The number of hydrogen-bond donors (Lipinski definition) is 2. The summed E-state index contributed by atoms with van der Waals surface area (Å²) in [6.07, 6.45) is 1.46. The van der Waals surface area contributed by atoms with Crippen molar-refractivity contribution in [2.45, 2.75) is 13.0 Å². The van der Waals surface area contributed by atoms with Gasteiger partial charge in [-0.1, -0.05) is 0 Å². The Hall–Kier alpha value is -3.03. The number of aryl methyl sites for hydroxylation is 1. The molecule has 1 amide bonds. The van der Waals surface area contributed by atoms with E-state index >= 15 is 0 Å². The SMILES string of the molecule is O=C(CCn1ccc(=O)[nH]c1=O)Nc1ccc2c(c1)OCCO2. The largest absolute Gasteiger partial charge is 0.486 e. The third-order valence-corrected chi connectivity index (χ3v) is 3.30. The number of aromatic amines is 1. The van der Waals surface area contributed by atoms with Crippen molar-refractivity contribution < 1.29 is 14.3 Å². The van der Waals surface area contributed by atoms with Crippen LogP contribution in [0.3, 0.4) is 0 Å². The Kier molecular flexibility index (Phi) is 4.13. The minimum atomic E-state index is -0.537. The average Bonchev–Trinajstić information content (AvgIpc) is 2.54. The van der Waals surface area contributed by atoms with Gasteiger partial charge in [0, 0.05) is 37.0 Å². The smallest absolute Gasteiger partial charge is 0.328 e. The van der Waals surface area contributed by atoms with Crippen LogP contribution in [0.4, 0.5) is 5.69 Å². The van der Waals surface area contributed by atoms with Crippen LogP contribution in [0.5, 0.6) is 11.5 Å². The number of nitrogens with one attached hydrogen (secondary N) is 2. The highest BCUT2D eigenvalue weighted by atomic mass is 16.6. The van der Waals surface area contributed by atoms with E-state index < -0.39 is 11.2 Å². The first-order chi connectivity index (χ1) is 11.1. The normalized spacial score (nSPS) is 12.7. The minimum Gasteiger partial charge on any atom is -0.486 e. The van der Waals surface area contributed by atoms with Gasteiger partial charge in [0.05, 0.1) is 0 Å². The van der Waals surface area contributed by atoms with Crippen LogP contribution in [0.1, 0.15) is 6.42 Å². The van der Waals surface area contributed by atoms with Crippen LogP contribution < -0.4 is 26.0 Å². The molecule has 120 valence electrons. The van der Waals surface area contributed by atoms with Crippen molar-refractivity contribution in [2.75, 3.05) is 18.5 Å². The van der Waals surface area contributed by atoms with Crippen LogP contribution in [-0.2, 0) is 11.3 Å². The quantitative estimate of drug-likeness (QED) is 0.846. The molecule has 1 aliphatic heterocycles. The van der Waals surface area contributed by atoms with Crippen molar-refractivity contribution in [3.8, 4) is 11.5 Å². The van der Waals surface area contributed by atoms with Gasteiger partial charge in [0.25, 0.3) is 5.56 Å². The Bertz CT molecular complexity index is 839. The summed E-state index contributed by atoms with van der Waals surface area (Å²) in [6.45, 7) is 1.15. The maximum atomic E-state index is 12.0. The van der Waals surface area contributed by atoms with Crippen molar-refractivity contribution in [3.05, 3.63) is 51.3 Å². The molecule has 8 nitrogen and oxygen atoms in total. The molecule has 1 aliphatic rings. The summed E-state index contributed by atoms with van der Waals surface area (Å²) in [6, 6.07) is 6.38. The number of H-pyrrole nitrogens is 1. The highest BCUT2D eigenvalue weighted by Gasteiger charge is 2.12. The van der Waals surface area contributed by atoms with Crippen molar-refractivity contribution in [3.63, 3.8) is 0 Å². The lowest BCUT2D eigenvalue weighted by atomic mass is 10.2. The summed E-state index contributed by atoms with van der Waals surface area (Å²) in [7, 11) is 0. The molecule has 2 N–H and O–H groups in total. The van der Waals surface area contributed by atoms with Gasteiger partial charge < -0.3 is 19.4 Å². The third kappa shape index (κ3) is 3.60. The Labute approximate surface area is 130 Å². The van der Waals surface area contributed by atoms with E-state index in [1.807, 2.05) is 0 Å². The van der Waals surface area contributed by atoms with Gasteiger partial charge in [-0.2, -0.15) is 0 Å². The van der Waals surface area contributed by atoms with Gasteiger partial charge in [0.15, 0.2) is 11.5 Å². The number of aromatic nitrogens is 2. The molecule has 2 heterocycles. The fourth-order valence-electron chi connectivity index (χ4n) is 2.19. The van der Waals surface area contributed by atoms with Crippen molar-refractivity contribution in [1.29, 1.82) is 0 Å². The van der Waals surface area contributed by atoms with E-state index in [2.05, 4.69) is 10.3 Å². The van der Waals surface area contributed by atoms with Crippen molar-refractivity contribution in [1.82, 2.24) is 9.55 Å². The molecule has 0 saturated heterocycles. The van der Waals surface area contributed by atoms with Crippen LogP contribution in [0.25, 0.3) is 0 Å². The molecule has 1 aromatic heterocycles. The summed E-state index contributed by atoms with van der Waals surface area (Å²) >= 11 is 0. The van der Waals surface area contributed by atoms with Gasteiger partial charge in [0.2, 0.25) is 5.91 Å². The highest BCUT2D eigenvalue weighted by molar-refractivity contribution is 5.91. The van der Waals surface area contributed by atoms with E-state index in [4.69, 9.17) is 9.47 Å². The fraction of sp³-hybridized carbons (Fsp3) is 0.267. The van der Waals surface area contributed by atoms with E-state index in [1.165, 1.54) is 16.8 Å². The first kappa shape index (κ1) is 14.9. The van der Waals surface area contributed by atoms with Gasteiger partial charge in [-0.15, -0.1) is 0 Å². The molecule has 0 radical (unpaired) electrons. The third-order valence-electron chi connectivity index (χ3n) is 3.30. The maximum Gasteiger partial charge on any atom is 0.328 e. The molecule has 23 heavy (non-hydrogen) atoms. The van der Waals surface area contributed by atoms with Crippen molar-refractivity contribution in [2.24, 2.45) is 0 Å². The number of carbonyl (C=O) groups is 1. The van der Waals surface area contributed by atoms with E-state index in [0.717, 1.165) is 0 Å². The molecule has 1 aromatic carbocycles. The monoisotopic (exact) mass is 317 g/mol. The number of hydrogen-bond acceptors (Lipinski definition) is 5. The summed E-state index contributed by atoms with van der Waals surface area (Å²) < 4.78 is 12.1. The van der Waals surface area contributed by atoms with E-state index in [-0.39, 0.29) is 18.9 Å². The summed E-state index contributed by atoms with van der Waals surface area (Å²) in [5.74, 6) is 0.986. The number of benzene rings is 1. The Morgan fingerprint density at radius 2 is 1.96 bits per heavy atom. The molecule has 0 unspecified atom stereocenters. The molecule has 0 spiro atoms. The van der Waals surface area contributed by atoms with E-state index in [1.54, 1.807) is 18.2 Å². The molecule has 3 rings (SSSR count). The zero-order chi connectivity index (χ0) is 16.2. The van der Waals surface area contributed by atoms with Crippen LogP contribution in [0.2, 0.25) is 0 Å². The zero-order valence-corrected chi connectivity index (χ0v) is 12.2. The van der Waals surface area contributed by atoms with Crippen molar-refractivity contribution >= 4 is 11.6 Å². The number of fused-ring (bicyclic) bond motifs is 1. The molecule has 0 bridgehead atoms. The predicted octanol–water partition coefficient (Wildman–Crippen LogP) is 0.337. The number of carbonyl (C=O) groups excluding carboxylic acids is 1. The molecular weight excluding hydrogens is 302 g/mol. The first-order valence-corrected chi connectivity index (χ1v) is 7.11. The second-order valence-electron chi connectivity index (χ2n) is 4.96. The number of ether oxygens (including phenoxy) is 2.